The van der Waals surface area contributed by atoms with E-state index in [1.165, 1.54) is 6.42 Å². The fourth-order valence-electron chi connectivity index (χ4n) is 3.25. The highest BCUT2D eigenvalue weighted by atomic mass is 35.5. The summed E-state index contributed by atoms with van der Waals surface area (Å²) in [5.41, 5.74) is 2.39. The average molecular weight is 392 g/mol. The number of ether oxygens (including phenoxy) is 1. The molecule has 3 heterocycles. The Labute approximate surface area is 161 Å². The molecule has 0 bridgehead atoms. The SMILES string of the molecule is CN1CCCC1COc1nc(Cl)c2ncc(Cc3ccccc3Cl)n2n1. The standard InChI is InChI=1S/C18H19Cl2N5O/c1-24-8-4-6-13(24)11-26-18-22-16(20)17-21-10-14(25(17)23-18)9-12-5-2-3-7-15(12)19/h2-3,5,7,10,13H,4,6,8-9,11H2,1H3. The summed E-state index contributed by atoms with van der Waals surface area (Å²) in [6.07, 6.45) is 4.65. The van der Waals surface area contributed by atoms with Crippen LogP contribution in [0, 0.1) is 0 Å². The first-order valence-corrected chi connectivity index (χ1v) is 9.34. The van der Waals surface area contributed by atoms with Gasteiger partial charge in [-0.15, -0.1) is 5.10 Å². The summed E-state index contributed by atoms with van der Waals surface area (Å²) in [7, 11) is 2.11. The predicted octanol–water partition coefficient (Wildman–Crippen LogP) is 3.49. The first-order valence-electron chi connectivity index (χ1n) is 8.58. The van der Waals surface area contributed by atoms with Crippen molar-refractivity contribution in [2.45, 2.75) is 25.3 Å². The smallest absolute Gasteiger partial charge is 0.335 e. The van der Waals surface area contributed by atoms with Crippen molar-refractivity contribution in [2.24, 2.45) is 0 Å². The summed E-state index contributed by atoms with van der Waals surface area (Å²) >= 11 is 12.6. The van der Waals surface area contributed by atoms with Crippen LogP contribution in [-0.2, 0) is 6.42 Å². The van der Waals surface area contributed by atoms with Crippen LogP contribution in [0.1, 0.15) is 24.1 Å². The molecule has 3 aromatic rings. The number of rotatable bonds is 5. The molecule has 136 valence electrons. The molecule has 0 N–H and O–H groups in total. The second-order valence-corrected chi connectivity index (χ2v) is 7.29. The van der Waals surface area contributed by atoms with E-state index in [0.29, 0.717) is 29.7 Å². The lowest BCUT2D eigenvalue weighted by molar-refractivity contribution is 0.185. The topological polar surface area (TPSA) is 55.5 Å². The van der Waals surface area contributed by atoms with Gasteiger partial charge in [-0.25, -0.2) is 9.50 Å². The van der Waals surface area contributed by atoms with Gasteiger partial charge in [0.25, 0.3) is 0 Å². The number of hydrogen-bond acceptors (Lipinski definition) is 5. The number of halogens is 2. The molecule has 8 heteroatoms. The number of benzene rings is 1. The Kier molecular flexibility index (Phi) is 4.98. The summed E-state index contributed by atoms with van der Waals surface area (Å²) < 4.78 is 7.51. The molecular weight excluding hydrogens is 373 g/mol. The molecule has 1 saturated heterocycles. The lowest BCUT2D eigenvalue weighted by Gasteiger charge is -2.18. The van der Waals surface area contributed by atoms with Crippen molar-refractivity contribution in [2.75, 3.05) is 20.2 Å². The van der Waals surface area contributed by atoms with Crippen molar-refractivity contribution in [1.29, 1.82) is 0 Å². The van der Waals surface area contributed by atoms with Crippen LogP contribution in [0.15, 0.2) is 30.5 Å². The third kappa shape index (κ3) is 3.49. The highest BCUT2D eigenvalue weighted by Crippen LogP contribution is 2.23. The summed E-state index contributed by atoms with van der Waals surface area (Å²) in [4.78, 5) is 10.9. The van der Waals surface area contributed by atoms with Gasteiger partial charge in [-0.05, 0) is 38.1 Å². The molecule has 1 atom stereocenters. The van der Waals surface area contributed by atoms with Crippen molar-refractivity contribution < 1.29 is 4.74 Å². The van der Waals surface area contributed by atoms with Gasteiger partial charge in [-0.2, -0.15) is 4.98 Å². The van der Waals surface area contributed by atoms with Crippen LogP contribution in [0.25, 0.3) is 5.65 Å². The minimum Gasteiger partial charge on any atom is -0.461 e. The monoisotopic (exact) mass is 391 g/mol. The van der Waals surface area contributed by atoms with Gasteiger partial charge in [0.05, 0.1) is 11.9 Å². The van der Waals surface area contributed by atoms with E-state index in [9.17, 15) is 0 Å². The molecular formula is C18H19Cl2N5O. The van der Waals surface area contributed by atoms with E-state index >= 15 is 0 Å². The quantitative estimate of drug-likeness (QED) is 0.665. The summed E-state index contributed by atoms with van der Waals surface area (Å²) in [5, 5.41) is 5.47. The van der Waals surface area contributed by atoms with E-state index < -0.39 is 0 Å². The maximum Gasteiger partial charge on any atom is 0.335 e. The van der Waals surface area contributed by atoms with Crippen LogP contribution >= 0.6 is 23.2 Å². The Morgan fingerprint density at radius 1 is 1.27 bits per heavy atom. The van der Waals surface area contributed by atoms with Gasteiger partial charge >= 0.3 is 6.01 Å². The van der Waals surface area contributed by atoms with Gasteiger partial charge < -0.3 is 9.64 Å². The van der Waals surface area contributed by atoms with Crippen molar-refractivity contribution in [3.05, 3.63) is 51.9 Å². The number of nitrogens with zero attached hydrogens (tertiary/aromatic N) is 5. The van der Waals surface area contributed by atoms with Crippen molar-refractivity contribution in [3.8, 4) is 6.01 Å². The molecule has 0 saturated carbocycles. The highest BCUT2D eigenvalue weighted by molar-refractivity contribution is 6.32. The second kappa shape index (κ2) is 7.39. The van der Waals surface area contributed by atoms with Crippen LogP contribution in [-0.4, -0.2) is 50.7 Å². The molecule has 1 fully saturated rings. The Bertz CT molecular complexity index is 929. The van der Waals surface area contributed by atoms with Crippen LogP contribution in [0.5, 0.6) is 6.01 Å². The third-order valence-electron chi connectivity index (χ3n) is 4.78. The average Bonchev–Trinajstić information content (AvgIpc) is 3.22. The van der Waals surface area contributed by atoms with Crippen molar-refractivity contribution in [1.82, 2.24) is 24.5 Å². The normalized spacial score (nSPS) is 17.9. The molecule has 1 aromatic carbocycles. The van der Waals surface area contributed by atoms with Crippen LogP contribution < -0.4 is 4.74 Å². The van der Waals surface area contributed by atoms with E-state index in [-0.39, 0.29) is 11.2 Å². The van der Waals surface area contributed by atoms with Gasteiger partial charge in [0.2, 0.25) is 0 Å². The highest BCUT2D eigenvalue weighted by Gasteiger charge is 2.22. The second-order valence-electron chi connectivity index (χ2n) is 6.53. The zero-order valence-corrected chi connectivity index (χ0v) is 15.9. The Hall–Kier alpha value is -1.89. The zero-order chi connectivity index (χ0) is 18.1. The number of fused-ring (bicyclic) bond motifs is 1. The number of imidazole rings is 1. The molecule has 26 heavy (non-hydrogen) atoms. The van der Waals surface area contributed by atoms with Gasteiger partial charge in [-0.3, -0.25) is 0 Å². The zero-order valence-electron chi connectivity index (χ0n) is 14.4. The first-order chi connectivity index (χ1) is 12.6. The summed E-state index contributed by atoms with van der Waals surface area (Å²) in [6.45, 7) is 1.64. The van der Waals surface area contributed by atoms with Crippen LogP contribution in [0.2, 0.25) is 10.2 Å². The molecule has 0 spiro atoms. The molecule has 0 radical (unpaired) electrons. The third-order valence-corrected chi connectivity index (χ3v) is 5.40. The number of hydrogen-bond donors (Lipinski definition) is 0. The molecule has 0 aliphatic carbocycles. The predicted molar refractivity (Wildman–Crippen MR) is 101 cm³/mol. The van der Waals surface area contributed by atoms with E-state index in [4.69, 9.17) is 27.9 Å². The van der Waals surface area contributed by atoms with Gasteiger partial charge in [0.15, 0.2) is 10.8 Å². The molecule has 2 aromatic heterocycles. The van der Waals surface area contributed by atoms with E-state index in [0.717, 1.165) is 24.2 Å². The Morgan fingerprint density at radius 3 is 2.88 bits per heavy atom. The van der Waals surface area contributed by atoms with Gasteiger partial charge in [0, 0.05) is 17.5 Å². The molecule has 0 amide bonds. The van der Waals surface area contributed by atoms with E-state index in [2.05, 4.69) is 27.0 Å². The van der Waals surface area contributed by atoms with Crippen molar-refractivity contribution >= 4 is 28.8 Å². The summed E-state index contributed by atoms with van der Waals surface area (Å²) in [6, 6.07) is 8.37. The minimum absolute atomic E-state index is 0.265. The number of likely N-dealkylation sites (N-methyl/N-ethyl adjacent to an activating group) is 1. The molecule has 1 aliphatic rings. The van der Waals surface area contributed by atoms with Crippen molar-refractivity contribution in [3.63, 3.8) is 0 Å². The Morgan fingerprint density at radius 2 is 2.12 bits per heavy atom. The first kappa shape index (κ1) is 17.5. The fraction of sp³-hybridized carbons (Fsp3) is 0.389. The van der Waals surface area contributed by atoms with Gasteiger partial charge in [0.1, 0.15) is 6.61 Å². The maximum atomic E-state index is 6.28. The number of likely N-dealkylation sites (tertiary alicyclic amines) is 1. The molecule has 1 aliphatic heterocycles. The maximum absolute atomic E-state index is 6.28. The van der Waals surface area contributed by atoms with E-state index in [1.54, 1.807) is 10.7 Å². The Balaban J connectivity index is 1.59. The number of aromatic nitrogens is 4. The molecule has 1 unspecified atom stereocenters. The lowest BCUT2D eigenvalue weighted by Crippen LogP contribution is -2.31. The minimum atomic E-state index is 0.265. The van der Waals surface area contributed by atoms with Gasteiger partial charge in [-0.1, -0.05) is 41.4 Å². The molecule has 6 nitrogen and oxygen atoms in total. The van der Waals surface area contributed by atoms with Crippen LogP contribution in [0.3, 0.4) is 0 Å². The van der Waals surface area contributed by atoms with E-state index in [1.807, 2.05) is 24.3 Å². The fourth-order valence-corrected chi connectivity index (χ4v) is 3.66. The summed E-state index contributed by atoms with van der Waals surface area (Å²) in [5.74, 6) is 0. The lowest BCUT2D eigenvalue weighted by atomic mass is 10.1. The van der Waals surface area contributed by atoms with Crippen LogP contribution in [0.4, 0.5) is 0 Å². The largest absolute Gasteiger partial charge is 0.461 e. The molecule has 4 rings (SSSR count).